The zero-order valence-electron chi connectivity index (χ0n) is 5.07. The van der Waals surface area contributed by atoms with Gasteiger partial charge in [0.25, 0.3) is 6.43 Å². The van der Waals surface area contributed by atoms with E-state index >= 15 is 0 Å². The largest absolute Gasteiger partial charge is 0.323 e. The molecule has 8 heavy (non-hydrogen) atoms. The quantitative estimate of drug-likeness (QED) is 0.587. The lowest BCUT2D eigenvalue weighted by Gasteiger charge is -2.12. The van der Waals surface area contributed by atoms with Crippen LogP contribution in [0.3, 0.4) is 0 Å². The van der Waals surface area contributed by atoms with Crippen molar-refractivity contribution >= 4 is 0 Å². The molecule has 0 amide bonds. The Morgan fingerprint density at radius 1 is 1.25 bits per heavy atom. The summed E-state index contributed by atoms with van der Waals surface area (Å²) < 4.78 is 23.1. The Hall–Kier alpha value is -0.180. The minimum Gasteiger partial charge on any atom is -0.323 e. The average Bonchev–Trinajstić information content (AvgIpc) is 1.64. The average molecular weight is 123 g/mol. The minimum absolute atomic E-state index is 0.130. The van der Waals surface area contributed by atoms with E-state index in [1.807, 2.05) is 0 Å². The zero-order valence-corrected chi connectivity index (χ0v) is 5.07. The van der Waals surface area contributed by atoms with Crippen molar-refractivity contribution in [2.24, 2.45) is 11.7 Å². The fourth-order valence-corrected chi connectivity index (χ4v) is 0.291. The highest BCUT2D eigenvalue weighted by Crippen LogP contribution is 2.06. The summed E-state index contributed by atoms with van der Waals surface area (Å²) in [5.74, 6) is -0.130. The third-order valence-electron chi connectivity index (χ3n) is 1.06. The van der Waals surface area contributed by atoms with Crippen LogP contribution in [-0.2, 0) is 0 Å². The molecule has 1 atom stereocenters. The van der Waals surface area contributed by atoms with Gasteiger partial charge in [0.2, 0.25) is 0 Å². The van der Waals surface area contributed by atoms with Gasteiger partial charge in [-0.3, -0.25) is 0 Å². The summed E-state index contributed by atoms with van der Waals surface area (Å²) in [6.07, 6.45) is -2.38. The van der Waals surface area contributed by atoms with Crippen LogP contribution >= 0.6 is 0 Å². The Kier molecular flexibility index (Phi) is 2.90. The minimum atomic E-state index is -2.38. The third kappa shape index (κ3) is 2.21. The van der Waals surface area contributed by atoms with Crippen molar-refractivity contribution in [2.45, 2.75) is 26.3 Å². The van der Waals surface area contributed by atoms with Gasteiger partial charge in [-0.15, -0.1) is 0 Å². The SMILES string of the molecule is CC(C)C(N)C(F)F. The number of rotatable bonds is 2. The van der Waals surface area contributed by atoms with Gasteiger partial charge in [0.1, 0.15) is 0 Å². The molecule has 1 nitrogen and oxygen atoms in total. The van der Waals surface area contributed by atoms with Crippen LogP contribution in [-0.4, -0.2) is 12.5 Å². The Balaban J connectivity index is 3.46. The maximum absolute atomic E-state index is 11.6. The Morgan fingerprint density at radius 2 is 1.62 bits per heavy atom. The highest BCUT2D eigenvalue weighted by Gasteiger charge is 2.17. The van der Waals surface area contributed by atoms with Gasteiger partial charge in [-0.1, -0.05) is 13.8 Å². The number of halogens is 2. The van der Waals surface area contributed by atoms with Gasteiger partial charge in [-0.2, -0.15) is 0 Å². The smallest absolute Gasteiger partial charge is 0.253 e. The first-order valence-corrected chi connectivity index (χ1v) is 2.59. The number of alkyl halides is 2. The van der Waals surface area contributed by atoms with Crippen molar-refractivity contribution in [1.82, 2.24) is 0 Å². The molecule has 0 spiro atoms. The highest BCUT2D eigenvalue weighted by atomic mass is 19.3. The van der Waals surface area contributed by atoms with Crippen molar-refractivity contribution in [3.63, 3.8) is 0 Å². The van der Waals surface area contributed by atoms with E-state index in [2.05, 4.69) is 0 Å². The van der Waals surface area contributed by atoms with Gasteiger partial charge < -0.3 is 5.73 Å². The molecule has 3 heteroatoms. The third-order valence-corrected chi connectivity index (χ3v) is 1.06. The molecule has 0 aromatic heterocycles. The van der Waals surface area contributed by atoms with Gasteiger partial charge in [0.05, 0.1) is 6.04 Å². The van der Waals surface area contributed by atoms with Crippen molar-refractivity contribution < 1.29 is 8.78 Å². The fraction of sp³-hybridized carbons (Fsp3) is 1.00. The zero-order chi connectivity index (χ0) is 6.73. The van der Waals surface area contributed by atoms with Crippen LogP contribution < -0.4 is 5.73 Å². The van der Waals surface area contributed by atoms with Gasteiger partial charge in [-0.25, -0.2) is 8.78 Å². The second-order valence-electron chi connectivity index (χ2n) is 2.16. The molecule has 0 rings (SSSR count). The van der Waals surface area contributed by atoms with Crippen molar-refractivity contribution in [3.8, 4) is 0 Å². The molecule has 0 radical (unpaired) electrons. The van der Waals surface area contributed by atoms with Crippen LogP contribution in [0.2, 0.25) is 0 Å². The van der Waals surface area contributed by atoms with Gasteiger partial charge in [0, 0.05) is 0 Å². The molecule has 0 heterocycles. The van der Waals surface area contributed by atoms with Crippen molar-refractivity contribution in [3.05, 3.63) is 0 Å². The fourth-order valence-electron chi connectivity index (χ4n) is 0.291. The first-order valence-electron chi connectivity index (χ1n) is 2.59. The predicted octanol–water partition coefficient (Wildman–Crippen LogP) is 1.23. The summed E-state index contributed by atoms with van der Waals surface area (Å²) in [6.45, 7) is 3.35. The molecule has 0 saturated heterocycles. The van der Waals surface area contributed by atoms with E-state index in [0.29, 0.717) is 0 Å². The molecule has 1 unspecified atom stereocenters. The van der Waals surface area contributed by atoms with Crippen LogP contribution in [0, 0.1) is 5.92 Å². The summed E-state index contributed by atoms with van der Waals surface area (Å²) in [4.78, 5) is 0. The molecule has 2 N–H and O–H groups in total. The molecule has 0 aromatic rings. The Labute approximate surface area is 47.9 Å². The van der Waals surface area contributed by atoms with Gasteiger partial charge in [0.15, 0.2) is 0 Å². The van der Waals surface area contributed by atoms with Gasteiger partial charge in [-0.05, 0) is 5.92 Å². The molecular weight excluding hydrogens is 112 g/mol. The van der Waals surface area contributed by atoms with Crippen LogP contribution in [0.5, 0.6) is 0 Å². The number of hydrogen-bond acceptors (Lipinski definition) is 1. The number of nitrogens with two attached hydrogens (primary N) is 1. The molecule has 0 saturated carbocycles. The molecule has 0 aromatic carbocycles. The lowest BCUT2D eigenvalue weighted by Crippen LogP contribution is -2.33. The molecular formula is C5H11F2N. The van der Waals surface area contributed by atoms with Crippen LogP contribution in [0.1, 0.15) is 13.8 Å². The standard InChI is InChI=1S/C5H11F2N/c1-3(2)4(8)5(6)7/h3-5H,8H2,1-2H3. The summed E-state index contributed by atoms with van der Waals surface area (Å²) in [5.41, 5.74) is 5.01. The first kappa shape index (κ1) is 7.82. The number of hydrogen-bond donors (Lipinski definition) is 1. The summed E-state index contributed by atoms with van der Waals surface area (Å²) in [5, 5.41) is 0. The predicted molar refractivity (Wildman–Crippen MR) is 28.8 cm³/mol. The summed E-state index contributed by atoms with van der Waals surface area (Å²) in [7, 11) is 0. The van der Waals surface area contributed by atoms with Gasteiger partial charge >= 0.3 is 0 Å². The van der Waals surface area contributed by atoms with Crippen molar-refractivity contribution in [1.29, 1.82) is 0 Å². The first-order chi connectivity index (χ1) is 3.55. The van der Waals surface area contributed by atoms with Crippen LogP contribution in [0.15, 0.2) is 0 Å². The second kappa shape index (κ2) is 2.97. The van der Waals surface area contributed by atoms with E-state index in [1.165, 1.54) is 0 Å². The van der Waals surface area contributed by atoms with E-state index in [1.54, 1.807) is 13.8 Å². The Bertz CT molecular complexity index is 55.4. The highest BCUT2D eigenvalue weighted by molar-refractivity contribution is 4.66. The molecule has 0 aliphatic carbocycles. The van der Waals surface area contributed by atoms with E-state index in [0.717, 1.165) is 0 Å². The van der Waals surface area contributed by atoms with Crippen LogP contribution in [0.4, 0.5) is 8.78 Å². The molecule has 0 fully saturated rings. The maximum Gasteiger partial charge on any atom is 0.253 e. The van der Waals surface area contributed by atoms with E-state index in [-0.39, 0.29) is 5.92 Å². The van der Waals surface area contributed by atoms with E-state index in [4.69, 9.17) is 5.73 Å². The van der Waals surface area contributed by atoms with E-state index in [9.17, 15) is 8.78 Å². The monoisotopic (exact) mass is 123 g/mol. The summed E-state index contributed by atoms with van der Waals surface area (Å²) >= 11 is 0. The molecule has 0 aliphatic heterocycles. The lowest BCUT2D eigenvalue weighted by atomic mass is 10.1. The maximum atomic E-state index is 11.6. The van der Waals surface area contributed by atoms with E-state index < -0.39 is 12.5 Å². The topological polar surface area (TPSA) is 26.0 Å². The van der Waals surface area contributed by atoms with Crippen LogP contribution in [0.25, 0.3) is 0 Å². The molecule has 50 valence electrons. The lowest BCUT2D eigenvalue weighted by molar-refractivity contribution is 0.0962. The molecule has 0 bridgehead atoms. The molecule has 0 aliphatic rings. The Morgan fingerprint density at radius 3 is 1.62 bits per heavy atom. The van der Waals surface area contributed by atoms with Crippen molar-refractivity contribution in [2.75, 3.05) is 0 Å². The normalized spacial score (nSPS) is 15.4. The summed E-state index contributed by atoms with van der Waals surface area (Å²) in [6, 6.07) is -0.963. The second-order valence-corrected chi connectivity index (χ2v) is 2.16.